The van der Waals surface area contributed by atoms with Gasteiger partial charge in [-0.1, -0.05) is 12.8 Å². The van der Waals surface area contributed by atoms with Gasteiger partial charge >= 0.3 is 0 Å². The van der Waals surface area contributed by atoms with E-state index in [2.05, 4.69) is 20.2 Å². The van der Waals surface area contributed by atoms with E-state index in [1.54, 1.807) is 0 Å². The smallest absolute Gasteiger partial charge is 0.249 e. The third-order valence-electron chi connectivity index (χ3n) is 5.41. The molecule has 24 heavy (non-hydrogen) atoms. The number of ether oxygens (including phenoxy) is 1. The van der Waals surface area contributed by atoms with Gasteiger partial charge in [-0.15, -0.1) is 0 Å². The van der Waals surface area contributed by atoms with E-state index in [0.717, 1.165) is 32.2 Å². The zero-order chi connectivity index (χ0) is 16.5. The molecule has 0 unspecified atom stereocenters. The van der Waals surface area contributed by atoms with E-state index in [1.807, 2.05) is 0 Å². The molecule has 7 heteroatoms. The first kappa shape index (κ1) is 15.7. The summed E-state index contributed by atoms with van der Waals surface area (Å²) in [6, 6.07) is 0.498. The molecule has 1 aromatic rings. The van der Waals surface area contributed by atoms with Gasteiger partial charge in [0.15, 0.2) is 5.82 Å². The minimum Gasteiger partial charge on any atom is -0.363 e. The highest BCUT2D eigenvalue weighted by Gasteiger charge is 2.42. The van der Waals surface area contributed by atoms with E-state index in [9.17, 15) is 9.18 Å². The molecule has 1 saturated carbocycles. The van der Waals surface area contributed by atoms with E-state index >= 15 is 0 Å². The highest BCUT2D eigenvalue weighted by molar-refractivity contribution is 5.81. The summed E-state index contributed by atoms with van der Waals surface area (Å²) in [6.45, 7) is 0.776. The molecule has 4 rings (SSSR count). The minimum atomic E-state index is -0.432. The van der Waals surface area contributed by atoms with Crippen molar-refractivity contribution >= 4 is 11.9 Å². The van der Waals surface area contributed by atoms with Gasteiger partial charge in [0.25, 0.3) is 0 Å². The summed E-state index contributed by atoms with van der Waals surface area (Å²) in [5.74, 6) is 0.149. The van der Waals surface area contributed by atoms with Crippen LogP contribution in [0.1, 0.15) is 44.9 Å². The van der Waals surface area contributed by atoms with Gasteiger partial charge < -0.3 is 15.0 Å². The average molecular weight is 334 g/mol. The molecule has 6 nitrogen and oxygen atoms in total. The number of nitrogens with zero attached hydrogens (tertiary/aromatic N) is 3. The van der Waals surface area contributed by atoms with Crippen molar-refractivity contribution in [3.8, 4) is 0 Å². The van der Waals surface area contributed by atoms with E-state index < -0.39 is 5.82 Å². The van der Waals surface area contributed by atoms with Crippen LogP contribution in [0, 0.1) is 5.82 Å². The summed E-state index contributed by atoms with van der Waals surface area (Å²) in [4.78, 5) is 22.7. The van der Waals surface area contributed by atoms with Crippen LogP contribution in [0.25, 0.3) is 0 Å². The van der Waals surface area contributed by atoms with Gasteiger partial charge in [-0.05, 0) is 32.1 Å². The fraction of sp³-hybridized carbons (Fsp3) is 0.706. The molecule has 0 bridgehead atoms. The summed E-state index contributed by atoms with van der Waals surface area (Å²) < 4.78 is 19.1. The number of hydrogen-bond donors (Lipinski definition) is 1. The van der Waals surface area contributed by atoms with Crippen molar-refractivity contribution in [3.63, 3.8) is 0 Å². The third kappa shape index (κ3) is 3.09. The fourth-order valence-electron chi connectivity index (χ4n) is 4.19. The van der Waals surface area contributed by atoms with Crippen molar-refractivity contribution in [1.82, 2.24) is 15.3 Å². The Morgan fingerprint density at radius 1 is 1.17 bits per heavy atom. The summed E-state index contributed by atoms with van der Waals surface area (Å²) in [7, 11) is 0. The number of carbonyl (C=O) groups excluding carboxylic acids is 1. The summed E-state index contributed by atoms with van der Waals surface area (Å²) in [5.41, 5.74) is 0. The molecule has 3 heterocycles. The lowest BCUT2D eigenvalue weighted by atomic mass is 9.98. The maximum atomic E-state index is 13.0. The summed E-state index contributed by atoms with van der Waals surface area (Å²) in [6.07, 6.45) is 9.05. The average Bonchev–Trinajstić information content (AvgIpc) is 3.24. The molecule has 1 N–H and O–H groups in total. The molecule has 1 aromatic heterocycles. The lowest BCUT2D eigenvalue weighted by molar-refractivity contribution is -0.142. The van der Waals surface area contributed by atoms with Crippen LogP contribution in [0.5, 0.6) is 0 Å². The highest BCUT2D eigenvalue weighted by atomic mass is 19.1. The molecular formula is C17H23FN4O2. The standard InChI is InChI=1S/C17H23FN4O2/c18-11-9-19-17(20-10-11)22-8-7-14-13(22)5-6-15(24-14)16(23)21-12-3-1-2-4-12/h9-10,12-15H,1-8H2,(H,21,23)/t13-,14-,15-/m1/s1. The predicted octanol–water partition coefficient (Wildman–Crippen LogP) is 1.80. The van der Waals surface area contributed by atoms with Crippen LogP contribution in [0.4, 0.5) is 10.3 Å². The van der Waals surface area contributed by atoms with Crippen molar-refractivity contribution in [3.05, 3.63) is 18.2 Å². The van der Waals surface area contributed by atoms with Crippen molar-refractivity contribution < 1.29 is 13.9 Å². The lowest BCUT2D eigenvalue weighted by Crippen LogP contribution is -2.49. The zero-order valence-electron chi connectivity index (χ0n) is 13.7. The van der Waals surface area contributed by atoms with Gasteiger partial charge in [0.2, 0.25) is 11.9 Å². The first-order valence-corrected chi connectivity index (χ1v) is 8.91. The van der Waals surface area contributed by atoms with Crippen molar-refractivity contribution in [2.75, 3.05) is 11.4 Å². The SMILES string of the molecule is O=C(NC1CCCC1)[C@H]1CC[C@@H]2[C@@H](CCN2c2ncc(F)cn2)O1. The van der Waals surface area contributed by atoms with Crippen molar-refractivity contribution in [2.45, 2.75) is 69.2 Å². The second kappa shape index (κ2) is 6.63. The molecule has 1 amide bonds. The topological polar surface area (TPSA) is 67.4 Å². The van der Waals surface area contributed by atoms with Gasteiger partial charge in [-0.2, -0.15) is 0 Å². The van der Waals surface area contributed by atoms with E-state index in [0.29, 0.717) is 18.4 Å². The number of anilines is 1. The number of nitrogens with one attached hydrogen (secondary N) is 1. The van der Waals surface area contributed by atoms with E-state index in [1.165, 1.54) is 25.2 Å². The Morgan fingerprint density at radius 2 is 1.92 bits per heavy atom. The summed E-state index contributed by atoms with van der Waals surface area (Å²) >= 11 is 0. The maximum absolute atomic E-state index is 13.0. The Balaban J connectivity index is 1.37. The van der Waals surface area contributed by atoms with Gasteiger partial charge in [0, 0.05) is 12.6 Å². The Labute approximate surface area is 140 Å². The normalized spacial score (nSPS) is 30.4. The number of aromatic nitrogens is 2. The molecule has 0 spiro atoms. The predicted molar refractivity (Wildman–Crippen MR) is 86.0 cm³/mol. The van der Waals surface area contributed by atoms with Crippen LogP contribution in [-0.4, -0.2) is 46.7 Å². The van der Waals surface area contributed by atoms with Crippen LogP contribution in [0.15, 0.2) is 12.4 Å². The molecule has 3 atom stereocenters. The number of amides is 1. The molecule has 0 aromatic carbocycles. The van der Waals surface area contributed by atoms with Gasteiger partial charge in [0.1, 0.15) is 6.10 Å². The molecule has 2 aliphatic heterocycles. The minimum absolute atomic E-state index is 0.0201. The third-order valence-corrected chi connectivity index (χ3v) is 5.41. The van der Waals surface area contributed by atoms with Gasteiger partial charge in [0.05, 0.1) is 24.5 Å². The number of rotatable bonds is 3. The molecule has 0 radical (unpaired) electrons. The van der Waals surface area contributed by atoms with Crippen molar-refractivity contribution in [1.29, 1.82) is 0 Å². The maximum Gasteiger partial charge on any atom is 0.249 e. The number of hydrogen-bond acceptors (Lipinski definition) is 5. The zero-order valence-corrected chi connectivity index (χ0v) is 13.7. The quantitative estimate of drug-likeness (QED) is 0.913. The molecular weight excluding hydrogens is 311 g/mol. The largest absolute Gasteiger partial charge is 0.363 e. The fourth-order valence-corrected chi connectivity index (χ4v) is 4.19. The van der Waals surface area contributed by atoms with Crippen molar-refractivity contribution in [2.24, 2.45) is 0 Å². The Hall–Kier alpha value is -1.76. The van der Waals surface area contributed by atoms with E-state index in [-0.39, 0.29) is 24.2 Å². The van der Waals surface area contributed by atoms with Crippen LogP contribution >= 0.6 is 0 Å². The highest BCUT2D eigenvalue weighted by Crippen LogP contribution is 2.33. The summed E-state index contributed by atoms with van der Waals surface area (Å²) in [5, 5.41) is 3.13. The molecule has 2 saturated heterocycles. The molecule has 3 aliphatic rings. The second-order valence-electron chi connectivity index (χ2n) is 6.98. The Kier molecular flexibility index (Phi) is 4.35. The molecule has 130 valence electrons. The Morgan fingerprint density at radius 3 is 2.67 bits per heavy atom. The van der Waals surface area contributed by atoms with E-state index in [4.69, 9.17) is 4.74 Å². The number of halogens is 1. The van der Waals surface area contributed by atoms with Crippen LogP contribution in [0.3, 0.4) is 0 Å². The van der Waals surface area contributed by atoms with Gasteiger partial charge in [-0.3, -0.25) is 4.79 Å². The van der Waals surface area contributed by atoms with Crippen LogP contribution < -0.4 is 10.2 Å². The second-order valence-corrected chi connectivity index (χ2v) is 6.98. The number of carbonyl (C=O) groups is 1. The monoisotopic (exact) mass is 334 g/mol. The first-order valence-electron chi connectivity index (χ1n) is 8.91. The first-order chi connectivity index (χ1) is 11.7. The Bertz CT molecular complexity index is 591. The molecule has 3 fully saturated rings. The number of fused-ring (bicyclic) bond motifs is 1. The van der Waals surface area contributed by atoms with Gasteiger partial charge in [-0.25, -0.2) is 14.4 Å². The molecule has 1 aliphatic carbocycles. The lowest BCUT2D eigenvalue weighted by Gasteiger charge is -2.35. The van der Waals surface area contributed by atoms with Crippen LogP contribution in [-0.2, 0) is 9.53 Å². The van der Waals surface area contributed by atoms with Crippen LogP contribution in [0.2, 0.25) is 0 Å².